The molecule has 2 rings (SSSR count). The van der Waals surface area contributed by atoms with Crippen molar-refractivity contribution in [2.45, 2.75) is 18.7 Å². The molecule has 0 aliphatic rings. The minimum atomic E-state index is -0.587. The van der Waals surface area contributed by atoms with Gasteiger partial charge in [0.05, 0.1) is 11.6 Å². The normalized spacial score (nSPS) is 12.7. The third-order valence-corrected chi connectivity index (χ3v) is 2.93. The largest absolute Gasteiger partial charge is 0.469 e. The van der Waals surface area contributed by atoms with Gasteiger partial charge in [0.2, 0.25) is 0 Å². The summed E-state index contributed by atoms with van der Waals surface area (Å²) in [7, 11) is 0. The van der Waals surface area contributed by atoms with Gasteiger partial charge in [-0.2, -0.15) is 0 Å². The quantitative estimate of drug-likeness (QED) is 0.743. The number of benzene rings is 1. The Morgan fingerprint density at radius 2 is 2.06 bits per heavy atom. The molecule has 90 valence electrons. The molecule has 17 heavy (non-hydrogen) atoms. The van der Waals surface area contributed by atoms with Gasteiger partial charge in [0.15, 0.2) is 0 Å². The van der Waals surface area contributed by atoms with Gasteiger partial charge in [0.1, 0.15) is 17.4 Å². The monoisotopic (exact) mass is 256 g/mol. The number of furan rings is 1. The van der Waals surface area contributed by atoms with Crippen molar-refractivity contribution in [3.05, 3.63) is 59.1 Å². The van der Waals surface area contributed by atoms with Crippen molar-refractivity contribution in [2.24, 2.45) is 0 Å². The molecule has 1 unspecified atom stereocenters. The van der Waals surface area contributed by atoms with Crippen LogP contribution in [0, 0.1) is 18.6 Å². The molecule has 2 aromatic rings. The van der Waals surface area contributed by atoms with Crippen LogP contribution in [0.2, 0.25) is 0 Å². The Kier molecular flexibility index (Phi) is 3.48. The predicted molar refractivity (Wildman–Crippen MR) is 62.1 cm³/mol. The van der Waals surface area contributed by atoms with Gasteiger partial charge in [-0.3, -0.25) is 0 Å². The molecule has 0 fully saturated rings. The van der Waals surface area contributed by atoms with Gasteiger partial charge in [0.25, 0.3) is 0 Å². The molecule has 1 heterocycles. The average molecular weight is 257 g/mol. The average Bonchev–Trinajstić information content (AvgIpc) is 2.69. The van der Waals surface area contributed by atoms with Gasteiger partial charge >= 0.3 is 0 Å². The van der Waals surface area contributed by atoms with Crippen LogP contribution in [0.25, 0.3) is 0 Å². The van der Waals surface area contributed by atoms with Gasteiger partial charge in [0, 0.05) is 11.6 Å². The first-order chi connectivity index (χ1) is 8.06. The van der Waals surface area contributed by atoms with E-state index in [4.69, 9.17) is 16.0 Å². The van der Waals surface area contributed by atoms with Crippen molar-refractivity contribution < 1.29 is 13.2 Å². The Labute approximate surface area is 103 Å². The molecule has 1 atom stereocenters. The molecule has 1 aromatic carbocycles. The highest BCUT2D eigenvalue weighted by Gasteiger charge is 2.14. The molecule has 0 aliphatic carbocycles. The lowest BCUT2D eigenvalue weighted by Gasteiger charge is -2.08. The summed E-state index contributed by atoms with van der Waals surface area (Å²) in [6, 6.07) is 5.30. The van der Waals surface area contributed by atoms with Crippen LogP contribution in [-0.4, -0.2) is 0 Å². The molecule has 4 heteroatoms. The topological polar surface area (TPSA) is 13.1 Å². The number of hydrogen-bond donors (Lipinski definition) is 0. The number of halogens is 3. The molecular weight excluding hydrogens is 246 g/mol. The number of hydrogen-bond acceptors (Lipinski definition) is 1. The maximum atomic E-state index is 13.4. The summed E-state index contributed by atoms with van der Waals surface area (Å²) < 4.78 is 31.3. The summed E-state index contributed by atoms with van der Waals surface area (Å²) in [5, 5.41) is -0.382. The highest BCUT2D eigenvalue weighted by molar-refractivity contribution is 6.20. The van der Waals surface area contributed by atoms with E-state index in [2.05, 4.69) is 0 Å². The highest BCUT2D eigenvalue weighted by Crippen LogP contribution is 2.27. The molecule has 1 aromatic heterocycles. The van der Waals surface area contributed by atoms with E-state index in [1.165, 1.54) is 12.1 Å². The van der Waals surface area contributed by atoms with Crippen LogP contribution in [-0.2, 0) is 6.42 Å². The van der Waals surface area contributed by atoms with Crippen molar-refractivity contribution in [1.82, 2.24) is 0 Å². The fourth-order valence-corrected chi connectivity index (χ4v) is 1.91. The van der Waals surface area contributed by atoms with E-state index in [-0.39, 0.29) is 5.38 Å². The molecule has 0 amide bonds. The second-order valence-corrected chi connectivity index (χ2v) is 4.42. The zero-order valence-corrected chi connectivity index (χ0v) is 9.97. The molecular formula is C13H11ClF2O. The molecule has 0 saturated carbocycles. The van der Waals surface area contributed by atoms with E-state index in [0.29, 0.717) is 12.0 Å². The predicted octanol–water partition coefficient (Wildman–Crippen LogP) is 4.39. The van der Waals surface area contributed by atoms with Gasteiger partial charge < -0.3 is 4.42 Å². The fraction of sp³-hybridized carbons (Fsp3) is 0.231. The molecule has 0 bridgehead atoms. The highest BCUT2D eigenvalue weighted by atomic mass is 35.5. The summed E-state index contributed by atoms with van der Waals surface area (Å²) in [5.41, 5.74) is 1.19. The van der Waals surface area contributed by atoms with Gasteiger partial charge in [-0.05, 0) is 31.0 Å². The van der Waals surface area contributed by atoms with Crippen LogP contribution in [0.15, 0.2) is 34.9 Å². The van der Waals surface area contributed by atoms with Crippen molar-refractivity contribution in [3.63, 3.8) is 0 Å². The fourth-order valence-electron chi connectivity index (χ4n) is 1.63. The summed E-state index contributed by atoms with van der Waals surface area (Å²) in [6.07, 6.45) is 1.85. The van der Waals surface area contributed by atoms with Crippen LogP contribution < -0.4 is 0 Å². The molecule has 0 radical (unpaired) electrons. The molecule has 0 saturated heterocycles. The van der Waals surface area contributed by atoms with E-state index < -0.39 is 11.6 Å². The Hall–Kier alpha value is -1.35. The standard InChI is InChI=1S/C13H11ClF2O/c1-8-4-10(7-17-8)12(14)5-9-2-3-11(15)6-13(9)16/h2-4,6-7,12H,5H2,1H3. The third-order valence-electron chi connectivity index (χ3n) is 2.53. The summed E-state index contributed by atoms with van der Waals surface area (Å²) in [4.78, 5) is 0. The van der Waals surface area contributed by atoms with Crippen molar-refractivity contribution in [3.8, 4) is 0 Å². The van der Waals surface area contributed by atoms with E-state index in [0.717, 1.165) is 17.4 Å². The Morgan fingerprint density at radius 3 is 2.65 bits per heavy atom. The van der Waals surface area contributed by atoms with Crippen LogP contribution in [0.5, 0.6) is 0 Å². The Bertz CT molecular complexity index is 522. The molecule has 1 nitrogen and oxygen atoms in total. The minimum absolute atomic E-state index is 0.298. The lowest BCUT2D eigenvalue weighted by molar-refractivity contribution is 0.530. The minimum Gasteiger partial charge on any atom is -0.469 e. The van der Waals surface area contributed by atoms with E-state index in [1.807, 2.05) is 6.92 Å². The van der Waals surface area contributed by atoms with Crippen molar-refractivity contribution in [2.75, 3.05) is 0 Å². The zero-order valence-electron chi connectivity index (χ0n) is 9.21. The molecule has 0 N–H and O–H groups in total. The van der Waals surface area contributed by atoms with Crippen LogP contribution in [0.4, 0.5) is 8.78 Å². The number of alkyl halides is 1. The summed E-state index contributed by atoms with van der Waals surface area (Å²) >= 11 is 6.15. The first-order valence-corrected chi connectivity index (χ1v) is 5.63. The first-order valence-electron chi connectivity index (χ1n) is 5.19. The Balaban J connectivity index is 2.15. The van der Waals surface area contributed by atoms with E-state index in [9.17, 15) is 8.78 Å². The van der Waals surface area contributed by atoms with E-state index >= 15 is 0 Å². The maximum Gasteiger partial charge on any atom is 0.129 e. The maximum absolute atomic E-state index is 13.4. The van der Waals surface area contributed by atoms with Gasteiger partial charge in [-0.1, -0.05) is 6.07 Å². The summed E-state index contributed by atoms with van der Waals surface area (Å²) in [5.74, 6) is -0.405. The Morgan fingerprint density at radius 1 is 1.29 bits per heavy atom. The van der Waals surface area contributed by atoms with Gasteiger partial charge in [-0.25, -0.2) is 8.78 Å². The van der Waals surface area contributed by atoms with Crippen LogP contribution >= 0.6 is 11.6 Å². The zero-order chi connectivity index (χ0) is 12.4. The van der Waals surface area contributed by atoms with Crippen molar-refractivity contribution >= 4 is 11.6 Å². The summed E-state index contributed by atoms with van der Waals surface area (Å²) in [6.45, 7) is 1.81. The smallest absolute Gasteiger partial charge is 0.129 e. The lowest BCUT2D eigenvalue weighted by Crippen LogP contribution is -1.98. The van der Waals surface area contributed by atoms with Crippen LogP contribution in [0.1, 0.15) is 22.3 Å². The van der Waals surface area contributed by atoms with Gasteiger partial charge in [-0.15, -0.1) is 11.6 Å². The van der Waals surface area contributed by atoms with Crippen molar-refractivity contribution in [1.29, 1.82) is 0 Å². The SMILES string of the molecule is Cc1cc(C(Cl)Cc2ccc(F)cc2F)co1. The number of rotatable bonds is 3. The second kappa shape index (κ2) is 4.88. The van der Waals surface area contributed by atoms with Crippen LogP contribution in [0.3, 0.4) is 0 Å². The van der Waals surface area contributed by atoms with E-state index in [1.54, 1.807) is 12.3 Å². The number of aryl methyl sites for hydroxylation is 1. The molecule has 0 spiro atoms. The first kappa shape index (κ1) is 12.1. The molecule has 0 aliphatic heterocycles. The third kappa shape index (κ3) is 2.86. The lowest BCUT2D eigenvalue weighted by atomic mass is 10.1. The second-order valence-electron chi connectivity index (χ2n) is 3.90.